The number of nitrogens with zero attached hydrogens (tertiary/aromatic N) is 4. The summed E-state index contributed by atoms with van der Waals surface area (Å²) >= 11 is 3.55. The predicted molar refractivity (Wildman–Crippen MR) is 143 cm³/mol. The van der Waals surface area contributed by atoms with Crippen LogP contribution in [0.3, 0.4) is 0 Å². The molecule has 0 saturated carbocycles. The summed E-state index contributed by atoms with van der Waals surface area (Å²) in [5, 5.41) is 7.59. The van der Waals surface area contributed by atoms with Crippen molar-refractivity contribution >= 4 is 38.7 Å². The lowest BCUT2D eigenvalue weighted by Gasteiger charge is -2.13. The summed E-state index contributed by atoms with van der Waals surface area (Å²) in [6.07, 6.45) is 11.0. The van der Waals surface area contributed by atoms with E-state index in [1.165, 1.54) is 6.33 Å². The molecule has 2 heterocycles. The zero-order valence-electron chi connectivity index (χ0n) is 20.3. The van der Waals surface area contributed by atoms with Crippen LogP contribution < -0.4 is 10.1 Å². The second-order valence-corrected chi connectivity index (χ2v) is 8.15. The first kappa shape index (κ1) is 26.1. The van der Waals surface area contributed by atoms with Crippen molar-refractivity contribution in [3.8, 4) is 5.75 Å². The third-order valence-corrected chi connectivity index (χ3v) is 4.92. The number of aryl methyl sites for hydroxylation is 1. The molecule has 33 heavy (non-hydrogen) atoms. The van der Waals surface area contributed by atoms with Gasteiger partial charge in [-0.3, -0.25) is 4.99 Å². The molecular formula is C26H32BrN5O. The molecule has 0 unspecified atom stereocenters. The molecular weight excluding hydrogens is 478 g/mol. The number of allylic oxidation sites excluding steroid dienone is 4. The highest BCUT2D eigenvalue weighted by molar-refractivity contribution is 9.10. The lowest BCUT2D eigenvalue weighted by Crippen LogP contribution is -2.01. The van der Waals surface area contributed by atoms with Gasteiger partial charge in [0.2, 0.25) is 0 Å². The summed E-state index contributed by atoms with van der Waals surface area (Å²) in [5.74, 6) is 2.23. The van der Waals surface area contributed by atoms with E-state index in [1.807, 2.05) is 103 Å². The van der Waals surface area contributed by atoms with Gasteiger partial charge in [-0.2, -0.15) is 5.10 Å². The van der Waals surface area contributed by atoms with E-state index in [9.17, 15) is 0 Å². The molecule has 0 aliphatic rings. The number of ether oxygens (including phenoxy) is 1. The second-order valence-electron chi connectivity index (χ2n) is 7.30. The van der Waals surface area contributed by atoms with Gasteiger partial charge in [0.1, 0.15) is 23.4 Å². The fourth-order valence-electron chi connectivity index (χ4n) is 2.86. The molecule has 174 valence electrons. The fourth-order valence-corrected chi connectivity index (χ4v) is 3.35. The third kappa shape index (κ3) is 7.43. The van der Waals surface area contributed by atoms with Crippen molar-refractivity contribution in [2.75, 3.05) is 5.32 Å². The Kier molecular flexibility index (Phi) is 10.1. The number of nitrogens with one attached hydrogen (secondary N) is 1. The topological polar surface area (TPSA) is 63.8 Å². The highest BCUT2D eigenvalue weighted by atomic mass is 79.9. The van der Waals surface area contributed by atoms with Crippen molar-refractivity contribution in [2.24, 2.45) is 4.99 Å². The number of hydrogen-bond donors (Lipinski definition) is 1. The van der Waals surface area contributed by atoms with Gasteiger partial charge in [0, 0.05) is 34.3 Å². The van der Waals surface area contributed by atoms with Crippen LogP contribution in [0.5, 0.6) is 5.75 Å². The van der Waals surface area contributed by atoms with Crippen LogP contribution in [0.15, 0.2) is 82.0 Å². The Morgan fingerprint density at radius 2 is 1.94 bits per heavy atom. The van der Waals surface area contributed by atoms with Crippen molar-refractivity contribution in [1.82, 2.24) is 14.6 Å². The van der Waals surface area contributed by atoms with Gasteiger partial charge >= 0.3 is 0 Å². The minimum Gasteiger partial charge on any atom is -0.457 e. The van der Waals surface area contributed by atoms with E-state index in [0.717, 1.165) is 49.9 Å². The van der Waals surface area contributed by atoms with E-state index in [1.54, 1.807) is 4.52 Å². The van der Waals surface area contributed by atoms with Gasteiger partial charge in [0.05, 0.1) is 0 Å². The van der Waals surface area contributed by atoms with E-state index >= 15 is 0 Å². The number of hydrogen-bond acceptors (Lipinski definition) is 5. The van der Waals surface area contributed by atoms with Crippen LogP contribution in [0.2, 0.25) is 0 Å². The fraction of sp³-hybridized carbons (Fsp3) is 0.269. The van der Waals surface area contributed by atoms with Gasteiger partial charge in [0.25, 0.3) is 0 Å². The molecule has 0 bridgehead atoms. The summed E-state index contributed by atoms with van der Waals surface area (Å²) in [4.78, 5) is 8.82. The van der Waals surface area contributed by atoms with Gasteiger partial charge in [0.15, 0.2) is 5.82 Å². The molecule has 7 heteroatoms. The monoisotopic (exact) mass is 509 g/mol. The Labute approximate surface area is 204 Å². The molecule has 2 aromatic heterocycles. The van der Waals surface area contributed by atoms with Crippen molar-refractivity contribution in [1.29, 1.82) is 0 Å². The largest absolute Gasteiger partial charge is 0.457 e. The van der Waals surface area contributed by atoms with Crippen LogP contribution in [0.4, 0.5) is 11.5 Å². The molecule has 0 saturated heterocycles. The highest BCUT2D eigenvalue weighted by Crippen LogP contribution is 2.29. The van der Waals surface area contributed by atoms with Crippen LogP contribution in [0, 0.1) is 6.92 Å². The molecule has 3 rings (SSSR count). The number of halogens is 1. The number of fused-ring (bicyclic) bond motifs is 1. The van der Waals surface area contributed by atoms with Crippen LogP contribution in [0.1, 0.15) is 47.1 Å². The first-order valence-corrected chi connectivity index (χ1v) is 11.7. The molecule has 6 nitrogen and oxygen atoms in total. The Morgan fingerprint density at radius 3 is 2.61 bits per heavy atom. The zero-order valence-corrected chi connectivity index (χ0v) is 21.9. The molecule has 0 radical (unpaired) electrons. The van der Waals surface area contributed by atoms with E-state index < -0.39 is 0 Å². The van der Waals surface area contributed by atoms with E-state index in [0.29, 0.717) is 0 Å². The number of aromatic nitrogens is 3. The van der Waals surface area contributed by atoms with E-state index in [4.69, 9.17) is 4.74 Å². The summed E-state index contributed by atoms with van der Waals surface area (Å²) in [7, 11) is 0. The molecule has 3 aromatic rings. The number of rotatable bonds is 7. The predicted octanol–water partition coefficient (Wildman–Crippen LogP) is 7.79. The van der Waals surface area contributed by atoms with Gasteiger partial charge in [-0.25, -0.2) is 9.50 Å². The molecule has 0 aliphatic carbocycles. The van der Waals surface area contributed by atoms with Gasteiger partial charge < -0.3 is 10.1 Å². The minimum atomic E-state index is 0.723. The second kappa shape index (κ2) is 12.7. The molecule has 1 N–H and O–H groups in total. The van der Waals surface area contributed by atoms with Crippen molar-refractivity contribution in [2.45, 2.75) is 48.5 Å². The maximum Gasteiger partial charge on any atom is 0.159 e. The normalized spacial score (nSPS) is 11.9. The molecule has 0 amide bonds. The Morgan fingerprint density at radius 1 is 1.18 bits per heavy atom. The SMILES string of the molecule is C/C=C\C(=C/C(C)=NC=C(C)C)Oc1ccc(Nc2ncnn3ccc(Br)c23)cc1C.CC. The van der Waals surface area contributed by atoms with Gasteiger partial charge in [-0.1, -0.05) is 25.5 Å². The minimum absolute atomic E-state index is 0.723. The first-order valence-electron chi connectivity index (χ1n) is 10.9. The quantitative estimate of drug-likeness (QED) is 0.200. The van der Waals surface area contributed by atoms with Crippen LogP contribution >= 0.6 is 15.9 Å². The van der Waals surface area contributed by atoms with Gasteiger partial charge in [-0.05, 0) is 86.5 Å². The summed E-state index contributed by atoms with van der Waals surface area (Å²) < 4.78 is 8.86. The lowest BCUT2D eigenvalue weighted by atomic mass is 10.2. The van der Waals surface area contributed by atoms with Crippen LogP contribution in [-0.4, -0.2) is 20.3 Å². The molecule has 0 aliphatic heterocycles. The van der Waals surface area contributed by atoms with E-state index in [2.05, 4.69) is 36.3 Å². The lowest BCUT2D eigenvalue weighted by molar-refractivity contribution is 0.442. The summed E-state index contributed by atoms with van der Waals surface area (Å²) in [6, 6.07) is 7.88. The number of anilines is 2. The van der Waals surface area contributed by atoms with Crippen molar-refractivity contribution < 1.29 is 4.74 Å². The summed E-state index contributed by atoms with van der Waals surface area (Å²) in [6.45, 7) is 14.0. The molecule has 1 aromatic carbocycles. The smallest absolute Gasteiger partial charge is 0.159 e. The third-order valence-electron chi connectivity index (χ3n) is 4.28. The standard InChI is InChI=1S/C24H26BrN5O.C2H6/c1-6-7-20(13-18(5)26-14-16(2)3)31-22-9-8-19(12-17(22)4)29-24-23-21(25)10-11-30(23)28-15-27-24;1-2/h6-15H,1-5H3,(H,27,28,29);1-2H3/b7-6-,20-13+,26-18?;. The maximum atomic E-state index is 6.15. The Bertz CT molecular complexity index is 1200. The first-order chi connectivity index (χ1) is 15.9. The zero-order chi connectivity index (χ0) is 24.4. The molecule has 0 fully saturated rings. The van der Waals surface area contributed by atoms with Crippen molar-refractivity contribution in [3.05, 3.63) is 82.6 Å². The molecule has 0 spiro atoms. The van der Waals surface area contributed by atoms with Crippen LogP contribution in [-0.2, 0) is 0 Å². The van der Waals surface area contributed by atoms with E-state index in [-0.39, 0.29) is 0 Å². The average Bonchev–Trinajstić information content (AvgIpc) is 3.17. The van der Waals surface area contributed by atoms with Crippen LogP contribution in [0.25, 0.3) is 5.52 Å². The Hall–Kier alpha value is -3.19. The number of aliphatic imine (C=N–C) groups is 1. The maximum absolute atomic E-state index is 6.15. The average molecular weight is 510 g/mol. The van der Waals surface area contributed by atoms with Gasteiger partial charge in [-0.15, -0.1) is 0 Å². The molecule has 0 atom stereocenters. The van der Waals surface area contributed by atoms with Crippen molar-refractivity contribution in [3.63, 3.8) is 0 Å². The highest BCUT2D eigenvalue weighted by Gasteiger charge is 2.10. The number of benzene rings is 1. The summed E-state index contributed by atoms with van der Waals surface area (Å²) in [5.41, 5.74) is 4.81. The Balaban J connectivity index is 0.00000187.